The van der Waals surface area contributed by atoms with E-state index in [1.54, 1.807) is 42.5 Å². The van der Waals surface area contributed by atoms with Gasteiger partial charge in [0.25, 0.3) is 0 Å². The SMILES string of the molecule is CC(C)CC(=O)Nc1ccc(C(=O)COc2cc(Cl)cc(Cl)c2)cc1. The van der Waals surface area contributed by atoms with Crippen LogP contribution in [0.1, 0.15) is 30.6 Å². The smallest absolute Gasteiger partial charge is 0.224 e. The van der Waals surface area contributed by atoms with Gasteiger partial charge in [0.1, 0.15) is 5.75 Å². The van der Waals surface area contributed by atoms with Crippen LogP contribution in [0.15, 0.2) is 42.5 Å². The highest BCUT2D eigenvalue weighted by atomic mass is 35.5. The van der Waals surface area contributed by atoms with Gasteiger partial charge in [-0.2, -0.15) is 0 Å². The monoisotopic (exact) mass is 379 g/mol. The van der Waals surface area contributed by atoms with Crippen LogP contribution in [0.5, 0.6) is 5.75 Å². The molecule has 0 atom stereocenters. The lowest BCUT2D eigenvalue weighted by molar-refractivity contribution is -0.116. The van der Waals surface area contributed by atoms with Crippen LogP contribution in [-0.2, 0) is 4.79 Å². The molecule has 6 heteroatoms. The molecule has 0 unspecified atom stereocenters. The fourth-order valence-corrected chi connectivity index (χ4v) is 2.67. The van der Waals surface area contributed by atoms with Gasteiger partial charge >= 0.3 is 0 Å². The molecule has 0 radical (unpaired) electrons. The third-order valence-corrected chi connectivity index (χ3v) is 3.73. The average molecular weight is 380 g/mol. The van der Waals surface area contributed by atoms with E-state index in [1.165, 1.54) is 0 Å². The van der Waals surface area contributed by atoms with Gasteiger partial charge in [-0.25, -0.2) is 0 Å². The number of hydrogen-bond donors (Lipinski definition) is 1. The molecule has 4 nitrogen and oxygen atoms in total. The molecule has 25 heavy (non-hydrogen) atoms. The van der Waals surface area contributed by atoms with E-state index in [9.17, 15) is 9.59 Å². The van der Waals surface area contributed by atoms with Crippen molar-refractivity contribution in [2.75, 3.05) is 11.9 Å². The molecular weight excluding hydrogens is 361 g/mol. The number of halogens is 2. The van der Waals surface area contributed by atoms with E-state index in [0.29, 0.717) is 33.5 Å². The van der Waals surface area contributed by atoms with E-state index in [1.807, 2.05) is 13.8 Å². The molecule has 0 aliphatic carbocycles. The molecule has 2 aromatic carbocycles. The zero-order valence-electron chi connectivity index (χ0n) is 14.0. The molecule has 0 heterocycles. The maximum Gasteiger partial charge on any atom is 0.224 e. The molecule has 2 rings (SSSR count). The Kier molecular flexibility index (Phi) is 6.85. The number of amides is 1. The Labute approximate surface area is 157 Å². The highest BCUT2D eigenvalue weighted by Gasteiger charge is 2.09. The molecule has 132 valence electrons. The number of rotatable bonds is 7. The lowest BCUT2D eigenvalue weighted by Gasteiger charge is -2.09. The first-order valence-corrected chi connectivity index (χ1v) is 8.61. The van der Waals surface area contributed by atoms with Gasteiger partial charge in [0.05, 0.1) is 0 Å². The van der Waals surface area contributed by atoms with Gasteiger partial charge < -0.3 is 10.1 Å². The predicted octanol–water partition coefficient (Wildman–Crippen LogP) is 5.24. The molecule has 0 spiro atoms. The number of benzene rings is 2. The molecule has 0 fully saturated rings. The van der Waals surface area contributed by atoms with Crippen molar-refractivity contribution in [1.29, 1.82) is 0 Å². The van der Waals surface area contributed by atoms with Crippen LogP contribution in [0.25, 0.3) is 0 Å². The summed E-state index contributed by atoms with van der Waals surface area (Å²) in [5, 5.41) is 3.68. The van der Waals surface area contributed by atoms with E-state index >= 15 is 0 Å². The van der Waals surface area contributed by atoms with Crippen molar-refractivity contribution in [3.63, 3.8) is 0 Å². The maximum atomic E-state index is 12.2. The first kappa shape index (κ1) is 19.3. The zero-order chi connectivity index (χ0) is 18.4. The maximum absolute atomic E-state index is 12.2. The van der Waals surface area contributed by atoms with Crippen molar-refractivity contribution in [1.82, 2.24) is 0 Å². The van der Waals surface area contributed by atoms with Crippen LogP contribution in [0.3, 0.4) is 0 Å². The number of Topliss-reactive ketones (excluding diaryl/α,β-unsaturated/α-hetero) is 1. The molecule has 0 saturated heterocycles. The quantitative estimate of drug-likeness (QED) is 0.669. The van der Waals surface area contributed by atoms with Crippen LogP contribution in [0, 0.1) is 5.92 Å². The number of ketones is 1. The molecule has 1 N–H and O–H groups in total. The minimum Gasteiger partial charge on any atom is -0.485 e. The summed E-state index contributed by atoms with van der Waals surface area (Å²) in [6.45, 7) is 3.83. The first-order chi connectivity index (χ1) is 11.8. The number of anilines is 1. The van der Waals surface area contributed by atoms with Crippen molar-refractivity contribution in [3.8, 4) is 5.75 Å². The number of carbonyl (C=O) groups is 2. The van der Waals surface area contributed by atoms with E-state index in [-0.39, 0.29) is 24.2 Å². The predicted molar refractivity (Wildman–Crippen MR) is 101 cm³/mol. The second-order valence-electron chi connectivity index (χ2n) is 6.04. The highest BCUT2D eigenvalue weighted by molar-refractivity contribution is 6.34. The third kappa shape index (κ3) is 6.40. The summed E-state index contributed by atoms with van der Waals surface area (Å²) in [5.41, 5.74) is 1.15. The Morgan fingerprint density at radius 1 is 1.04 bits per heavy atom. The standard InChI is InChI=1S/C19H19Cl2NO3/c1-12(2)7-19(24)22-16-5-3-13(4-6-16)18(23)11-25-17-9-14(20)8-15(21)10-17/h3-6,8-10,12H,7,11H2,1-2H3,(H,22,24). The Morgan fingerprint density at radius 3 is 2.20 bits per heavy atom. The van der Waals surface area contributed by atoms with Crippen molar-refractivity contribution in [2.45, 2.75) is 20.3 Å². The zero-order valence-corrected chi connectivity index (χ0v) is 15.5. The van der Waals surface area contributed by atoms with E-state index in [4.69, 9.17) is 27.9 Å². The summed E-state index contributed by atoms with van der Waals surface area (Å²) >= 11 is 11.8. The Hall–Kier alpha value is -2.04. The van der Waals surface area contributed by atoms with Gasteiger partial charge in [-0.3, -0.25) is 9.59 Å². The third-order valence-electron chi connectivity index (χ3n) is 3.29. The molecule has 0 bridgehead atoms. The molecule has 0 aliphatic rings. The van der Waals surface area contributed by atoms with E-state index in [2.05, 4.69) is 5.32 Å². The summed E-state index contributed by atoms with van der Waals surface area (Å²) in [5.74, 6) is 0.493. The van der Waals surface area contributed by atoms with Crippen molar-refractivity contribution >= 4 is 40.6 Å². The topological polar surface area (TPSA) is 55.4 Å². The highest BCUT2D eigenvalue weighted by Crippen LogP contribution is 2.24. The van der Waals surface area contributed by atoms with Crippen molar-refractivity contribution < 1.29 is 14.3 Å². The number of hydrogen-bond acceptors (Lipinski definition) is 3. The molecular formula is C19H19Cl2NO3. The van der Waals surface area contributed by atoms with Crippen molar-refractivity contribution in [2.24, 2.45) is 5.92 Å². The Bertz CT molecular complexity index is 738. The minimum atomic E-state index is -0.184. The largest absolute Gasteiger partial charge is 0.485 e. The lowest BCUT2D eigenvalue weighted by atomic mass is 10.1. The van der Waals surface area contributed by atoms with Crippen LogP contribution in [-0.4, -0.2) is 18.3 Å². The van der Waals surface area contributed by atoms with Gasteiger partial charge in [-0.05, 0) is 48.4 Å². The first-order valence-electron chi connectivity index (χ1n) is 7.85. The lowest BCUT2D eigenvalue weighted by Crippen LogP contribution is -2.14. The molecule has 0 saturated carbocycles. The van der Waals surface area contributed by atoms with Crippen LogP contribution >= 0.6 is 23.2 Å². The molecule has 0 aromatic heterocycles. The fourth-order valence-electron chi connectivity index (χ4n) is 2.17. The summed E-state index contributed by atoms with van der Waals surface area (Å²) < 4.78 is 5.43. The Morgan fingerprint density at radius 2 is 1.64 bits per heavy atom. The van der Waals surface area contributed by atoms with E-state index in [0.717, 1.165) is 0 Å². The number of carbonyl (C=O) groups excluding carboxylic acids is 2. The van der Waals surface area contributed by atoms with Gasteiger partial charge in [-0.1, -0.05) is 37.0 Å². The number of ether oxygens (including phenoxy) is 1. The summed E-state index contributed by atoms with van der Waals surface area (Å²) in [6, 6.07) is 11.5. The van der Waals surface area contributed by atoms with E-state index < -0.39 is 0 Å². The Balaban J connectivity index is 1.92. The van der Waals surface area contributed by atoms with Gasteiger partial charge in [-0.15, -0.1) is 0 Å². The van der Waals surface area contributed by atoms with Crippen LogP contribution in [0.2, 0.25) is 10.0 Å². The molecule has 1 amide bonds. The fraction of sp³-hybridized carbons (Fsp3) is 0.263. The van der Waals surface area contributed by atoms with Gasteiger partial charge in [0.15, 0.2) is 12.4 Å². The van der Waals surface area contributed by atoms with Crippen molar-refractivity contribution in [3.05, 3.63) is 58.1 Å². The second-order valence-corrected chi connectivity index (χ2v) is 6.91. The summed E-state index contributed by atoms with van der Waals surface area (Å²) in [4.78, 5) is 23.9. The number of nitrogens with one attached hydrogen (secondary N) is 1. The minimum absolute atomic E-state index is 0.0461. The summed E-state index contributed by atoms with van der Waals surface area (Å²) in [7, 11) is 0. The average Bonchev–Trinajstić information content (AvgIpc) is 2.51. The van der Waals surface area contributed by atoms with Gasteiger partial charge in [0, 0.05) is 27.7 Å². The van der Waals surface area contributed by atoms with Gasteiger partial charge in [0.2, 0.25) is 5.91 Å². The van der Waals surface area contributed by atoms with Crippen LogP contribution in [0.4, 0.5) is 5.69 Å². The molecule has 2 aromatic rings. The summed E-state index contributed by atoms with van der Waals surface area (Å²) in [6.07, 6.45) is 0.455. The van der Waals surface area contributed by atoms with Crippen LogP contribution < -0.4 is 10.1 Å². The molecule has 0 aliphatic heterocycles. The normalized spacial score (nSPS) is 10.6. The second kappa shape index (κ2) is 8.88.